The van der Waals surface area contributed by atoms with Crippen LogP contribution in [0.5, 0.6) is 5.88 Å². The van der Waals surface area contributed by atoms with E-state index in [4.69, 9.17) is 4.74 Å². The molecule has 0 radical (unpaired) electrons. The molecule has 1 aliphatic rings. The van der Waals surface area contributed by atoms with Crippen molar-refractivity contribution in [3.8, 4) is 5.88 Å². The lowest BCUT2D eigenvalue weighted by Crippen LogP contribution is -2.35. The molecule has 0 unspecified atom stereocenters. The highest BCUT2D eigenvalue weighted by Gasteiger charge is 2.28. The van der Waals surface area contributed by atoms with Crippen LogP contribution in [0.2, 0.25) is 0 Å². The molecule has 0 spiro atoms. The summed E-state index contributed by atoms with van der Waals surface area (Å²) < 4.78 is 5.81. The van der Waals surface area contributed by atoms with Crippen molar-refractivity contribution in [2.75, 3.05) is 18.1 Å². The van der Waals surface area contributed by atoms with Crippen molar-refractivity contribution in [2.45, 2.75) is 18.9 Å². The van der Waals surface area contributed by atoms with Crippen molar-refractivity contribution in [3.63, 3.8) is 0 Å². The molecule has 112 valence electrons. The van der Waals surface area contributed by atoms with Crippen LogP contribution in [0.15, 0.2) is 37.1 Å². The van der Waals surface area contributed by atoms with Gasteiger partial charge in [-0.2, -0.15) is 0 Å². The van der Waals surface area contributed by atoms with Crippen LogP contribution >= 0.6 is 0 Å². The molecule has 7 nitrogen and oxygen atoms in total. The Hall–Kier alpha value is -2.70. The van der Waals surface area contributed by atoms with Crippen LogP contribution in [-0.2, 0) is 0 Å². The number of imidazole rings is 1. The fraction of sp³-hybridized carbons (Fsp3) is 0.333. The number of aromatic amines is 1. The van der Waals surface area contributed by atoms with E-state index >= 15 is 0 Å². The lowest BCUT2D eigenvalue weighted by Gasteiger charge is -2.25. The Balaban J connectivity index is 1.55. The van der Waals surface area contributed by atoms with Crippen molar-refractivity contribution >= 4 is 17.0 Å². The van der Waals surface area contributed by atoms with Gasteiger partial charge in [0, 0.05) is 18.8 Å². The number of nitrogens with zero attached hydrogens (tertiary/aromatic N) is 5. The average molecular weight is 296 g/mol. The van der Waals surface area contributed by atoms with Gasteiger partial charge in [0.25, 0.3) is 0 Å². The topological polar surface area (TPSA) is 79.8 Å². The Morgan fingerprint density at radius 3 is 3.14 bits per heavy atom. The van der Waals surface area contributed by atoms with Gasteiger partial charge in [-0.15, -0.1) is 0 Å². The summed E-state index contributed by atoms with van der Waals surface area (Å²) in [6.45, 7) is 1.54. The molecule has 0 bridgehead atoms. The van der Waals surface area contributed by atoms with Crippen LogP contribution in [0.3, 0.4) is 0 Å². The van der Waals surface area contributed by atoms with Crippen LogP contribution in [0, 0.1) is 0 Å². The monoisotopic (exact) mass is 296 g/mol. The van der Waals surface area contributed by atoms with Gasteiger partial charge in [0.15, 0.2) is 11.5 Å². The summed E-state index contributed by atoms with van der Waals surface area (Å²) in [7, 11) is 0. The van der Waals surface area contributed by atoms with Crippen molar-refractivity contribution in [3.05, 3.63) is 37.1 Å². The Morgan fingerprint density at radius 2 is 2.23 bits per heavy atom. The normalized spacial score (nSPS) is 18.0. The zero-order chi connectivity index (χ0) is 14.8. The smallest absolute Gasteiger partial charge is 0.213 e. The summed E-state index contributed by atoms with van der Waals surface area (Å²) in [5, 5.41) is 0. The molecule has 0 saturated carbocycles. The molecule has 3 aromatic rings. The third-order valence-electron chi connectivity index (χ3n) is 3.91. The third kappa shape index (κ3) is 2.34. The van der Waals surface area contributed by atoms with E-state index < -0.39 is 0 Å². The first kappa shape index (κ1) is 13.0. The molecular formula is C15H16N6O. The quantitative estimate of drug-likeness (QED) is 0.790. The number of hydrogen-bond donors (Lipinski definition) is 1. The van der Waals surface area contributed by atoms with Gasteiger partial charge in [0.05, 0.1) is 12.4 Å². The number of H-pyrrole nitrogens is 1. The number of pyridine rings is 1. The van der Waals surface area contributed by atoms with Crippen molar-refractivity contribution in [1.29, 1.82) is 0 Å². The maximum atomic E-state index is 5.81. The van der Waals surface area contributed by atoms with E-state index in [-0.39, 0.29) is 6.04 Å². The van der Waals surface area contributed by atoms with E-state index in [0.717, 1.165) is 36.4 Å². The lowest BCUT2D eigenvalue weighted by atomic mass is 10.2. The zero-order valence-corrected chi connectivity index (χ0v) is 12.0. The number of hydrogen-bond acceptors (Lipinski definition) is 6. The minimum atomic E-state index is 0.275. The number of anilines is 1. The SMILES string of the molecule is c1ccc(OC[C@H]2CCCN2c2ncnc3[nH]cnc23)nc1. The van der Waals surface area contributed by atoms with E-state index in [9.17, 15) is 0 Å². The molecule has 7 heteroatoms. The first-order valence-corrected chi connectivity index (χ1v) is 7.36. The molecule has 4 heterocycles. The molecule has 0 aliphatic carbocycles. The fourth-order valence-corrected chi connectivity index (χ4v) is 2.86. The van der Waals surface area contributed by atoms with Crippen LogP contribution in [0.4, 0.5) is 5.82 Å². The van der Waals surface area contributed by atoms with E-state index in [1.807, 2.05) is 18.2 Å². The van der Waals surface area contributed by atoms with E-state index in [0.29, 0.717) is 12.5 Å². The summed E-state index contributed by atoms with van der Waals surface area (Å²) >= 11 is 0. The van der Waals surface area contributed by atoms with Gasteiger partial charge >= 0.3 is 0 Å². The van der Waals surface area contributed by atoms with E-state index in [1.54, 1.807) is 18.9 Å². The molecule has 22 heavy (non-hydrogen) atoms. The highest BCUT2D eigenvalue weighted by molar-refractivity contribution is 5.82. The first-order chi connectivity index (χ1) is 10.9. The van der Waals surface area contributed by atoms with Gasteiger partial charge in [-0.05, 0) is 18.9 Å². The van der Waals surface area contributed by atoms with E-state index in [1.165, 1.54) is 0 Å². The highest BCUT2D eigenvalue weighted by atomic mass is 16.5. The van der Waals surface area contributed by atoms with Crippen molar-refractivity contribution in [2.24, 2.45) is 0 Å². The maximum Gasteiger partial charge on any atom is 0.213 e. The highest BCUT2D eigenvalue weighted by Crippen LogP contribution is 2.28. The summed E-state index contributed by atoms with van der Waals surface area (Å²) in [6.07, 6.45) is 7.15. The average Bonchev–Trinajstić information content (AvgIpc) is 3.22. The third-order valence-corrected chi connectivity index (χ3v) is 3.91. The molecule has 3 aromatic heterocycles. The molecule has 0 aromatic carbocycles. The van der Waals surface area contributed by atoms with Crippen LogP contribution in [0.1, 0.15) is 12.8 Å². The molecule has 1 N–H and O–H groups in total. The summed E-state index contributed by atoms with van der Waals surface area (Å²) in [6, 6.07) is 5.95. The number of aromatic nitrogens is 5. The lowest BCUT2D eigenvalue weighted by molar-refractivity contribution is 0.278. The van der Waals surface area contributed by atoms with E-state index in [2.05, 4.69) is 29.8 Å². The number of ether oxygens (including phenoxy) is 1. The molecule has 1 aliphatic heterocycles. The fourth-order valence-electron chi connectivity index (χ4n) is 2.86. The Bertz CT molecular complexity index is 759. The van der Waals surface area contributed by atoms with Crippen molar-refractivity contribution < 1.29 is 4.74 Å². The van der Waals surface area contributed by atoms with Crippen LogP contribution in [-0.4, -0.2) is 44.1 Å². The summed E-state index contributed by atoms with van der Waals surface area (Å²) in [5.74, 6) is 1.53. The van der Waals surface area contributed by atoms with Gasteiger partial charge in [-0.1, -0.05) is 6.07 Å². The van der Waals surface area contributed by atoms with Crippen LogP contribution in [0.25, 0.3) is 11.2 Å². The number of fused-ring (bicyclic) bond motifs is 1. The predicted molar refractivity (Wildman–Crippen MR) is 81.8 cm³/mol. The Kier molecular flexibility index (Phi) is 3.30. The Labute approximate surface area is 127 Å². The van der Waals surface area contributed by atoms with Gasteiger partial charge in [-0.25, -0.2) is 19.9 Å². The minimum Gasteiger partial charge on any atom is -0.475 e. The maximum absolute atomic E-state index is 5.81. The molecule has 1 atom stereocenters. The second-order valence-corrected chi connectivity index (χ2v) is 5.27. The number of nitrogens with one attached hydrogen (secondary N) is 1. The molecule has 0 amide bonds. The number of rotatable bonds is 4. The largest absolute Gasteiger partial charge is 0.475 e. The molecule has 1 saturated heterocycles. The summed E-state index contributed by atoms with van der Waals surface area (Å²) in [5.41, 5.74) is 1.58. The molecule has 4 rings (SSSR count). The van der Waals surface area contributed by atoms with Crippen LogP contribution < -0.4 is 9.64 Å². The molecular weight excluding hydrogens is 280 g/mol. The predicted octanol–water partition coefficient (Wildman–Crippen LogP) is 1.80. The second kappa shape index (κ2) is 5.59. The van der Waals surface area contributed by atoms with Gasteiger partial charge in [0.2, 0.25) is 5.88 Å². The van der Waals surface area contributed by atoms with Gasteiger partial charge < -0.3 is 14.6 Å². The Morgan fingerprint density at radius 1 is 1.23 bits per heavy atom. The first-order valence-electron chi connectivity index (χ1n) is 7.36. The second-order valence-electron chi connectivity index (χ2n) is 5.27. The minimum absolute atomic E-state index is 0.275. The zero-order valence-electron chi connectivity index (χ0n) is 12.0. The van der Waals surface area contributed by atoms with Gasteiger partial charge in [0.1, 0.15) is 18.5 Å². The van der Waals surface area contributed by atoms with Crippen molar-refractivity contribution in [1.82, 2.24) is 24.9 Å². The summed E-state index contributed by atoms with van der Waals surface area (Å²) in [4.78, 5) is 22.4. The molecule has 1 fully saturated rings. The van der Waals surface area contributed by atoms with Gasteiger partial charge in [-0.3, -0.25) is 0 Å². The standard InChI is InChI=1S/C15H16N6O/c1-2-6-16-12(5-1)22-8-11-4-3-7-21(11)15-13-14(18-9-17-13)19-10-20-15/h1-2,5-6,9-11H,3-4,7-8H2,(H,17,18,19,20)/t11-/m1/s1.